The lowest BCUT2D eigenvalue weighted by Crippen LogP contribution is -2.25. The zero-order chi connectivity index (χ0) is 22.8. The van der Waals surface area contributed by atoms with E-state index in [2.05, 4.69) is 72.0 Å². The summed E-state index contributed by atoms with van der Waals surface area (Å²) >= 11 is 2.32. The molecule has 0 N–H and O–H groups in total. The largest absolute Gasteiger partial charge is 0.497 e. The van der Waals surface area contributed by atoms with Crippen LogP contribution in [0.2, 0.25) is 0 Å². The van der Waals surface area contributed by atoms with E-state index < -0.39 is 0 Å². The number of hydrogen-bond donors (Lipinski definition) is 0. The number of benzene rings is 3. The maximum Gasteiger partial charge on any atom is 0.208 e. The lowest BCUT2D eigenvalue weighted by atomic mass is 9.86. The van der Waals surface area contributed by atoms with Crippen molar-refractivity contribution in [3.8, 4) is 17.2 Å². The van der Waals surface area contributed by atoms with Gasteiger partial charge in [0.15, 0.2) is 6.29 Å². The molecule has 0 amide bonds. The highest BCUT2D eigenvalue weighted by Crippen LogP contribution is 2.47. The molecule has 0 aliphatic carbocycles. The molecule has 2 aliphatic rings. The summed E-state index contributed by atoms with van der Waals surface area (Å²) < 4.78 is 25.1. The van der Waals surface area contributed by atoms with Crippen LogP contribution in [-0.2, 0) is 4.74 Å². The van der Waals surface area contributed by atoms with Gasteiger partial charge in [-0.1, -0.05) is 24.3 Å². The van der Waals surface area contributed by atoms with Gasteiger partial charge in [0.2, 0.25) is 6.10 Å². The summed E-state index contributed by atoms with van der Waals surface area (Å²) in [5, 5.41) is 0. The van der Waals surface area contributed by atoms with Gasteiger partial charge >= 0.3 is 0 Å². The Kier molecular flexibility index (Phi) is 6.60. The number of halogens is 1. The van der Waals surface area contributed by atoms with Gasteiger partial charge in [-0.15, -0.1) is 0 Å². The summed E-state index contributed by atoms with van der Waals surface area (Å²) in [5.41, 5.74) is 5.35. The third kappa shape index (κ3) is 4.75. The van der Waals surface area contributed by atoms with Crippen LogP contribution >= 0.6 is 22.6 Å². The van der Waals surface area contributed by atoms with Crippen molar-refractivity contribution < 1.29 is 18.9 Å². The number of methoxy groups -OCH3 is 1. The highest BCUT2D eigenvalue weighted by molar-refractivity contribution is 14.1. The minimum atomic E-state index is -0.191. The molecule has 0 aromatic heterocycles. The lowest BCUT2D eigenvalue weighted by Gasteiger charge is -2.30. The zero-order valence-electron chi connectivity index (χ0n) is 18.8. The van der Waals surface area contributed by atoms with Gasteiger partial charge in [-0.3, -0.25) is 0 Å². The average molecular weight is 553 g/mol. The van der Waals surface area contributed by atoms with E-state index in [1.165, 1.54) is 3.57 Å². The summed E-state index contributed by atoms with van der Waals surface area (Å²) in [7, 11) is 1.69. The SMILES string of the molecule is COc1cccc(C2=C(C)c3ccc(OC4CCCCO4)cc3O[C]2c2ccc(I)cc2)c1. The molecule has 3 aromatic rings. The van der Waals surface area contributed by atoms with Gasteiger partial charge in [-0.2, -0.15) is 0 Å². The summed E-state index contributed by atoms with van der Waals surface area (Å²) in [6, 6.07) is 22.6. The molecule has 1 fully saturated rings. The molecular weight excluding hydrogens is 527 g/mol. The van der Waals surface area contributed by atoms with Crippen molar-refractivity contribution in [2.75, 3.05) is 13.7 Å². The van der Waals surface area contributed by atoms with Crippen molar-refractivity contribution in [1.82, 2.24) is 0 Å². The highest BCUT2D eigenvalue weighted by atomic mass is 127. The van der Waals surface area contributed by atoms with Gasteiger partial charge in [-0.05, 0) is 89.9 Å². The maximum atomic E-state index is 6.59. The Labute approximate surface area is 208 Å². The number of ether oxygens (including phenoxy) is 4. The molecule has 1 unspecified atom stereocenters. The van der Waals surface area contributed by atoms with E-state index in [1.807, 2.05) is 24.3 Å². The van der Waals surface area contributed by atoms with Gasteiger partial charge in [0.05, 0.1) is 13.7 Å². The Balaban J connectivity index is 1.57. The Morgan fingerprint density at radius 3 is 2.52 bits per heavy atom. The van der Waals surface area contributed by atoms with Crippen molar-refractivity contribution in [2.24, 2.45) is 0 Å². The van der Waals surface area contributed by atoms with Gasteiger partial charge in [-0.25, -0.2) is 0 Å². The maximum absolute atomic E-state index is 6.59. The Bertz CT molecular complexity index is 1160. The van der Waals surface area contributed by atoms with Crippen molar-refractivity contribution in [1.29, 1.82) is 0 Å². The van der Waals surface area contributed by atoms with E-state index in [0.717, 1.165) is 77.1 Å². The quantitative estimate of drug-likeness (QED) is 0.316. The monoisotopic (exact) mass is 553 g/mol. The average Bonchev–Trinajstić information content (AvgIpc) is 2.85. The van der Waals surface area contributed by atoms with Crippen LogP contribution in [0.5, 0.6) is 17.2 Å². The second-order valence-electron chi connectivity index (χ2n) is 8.24. The molecule has 1 radical (unpaired) electrons. The lowest BCUT2D eigenvalue weighted by molar-refractivity contribution is -0.105. The molecule has 1 saturated heterocycles. The van der Waals surface area contributed by atoms with E-state index >= 15 is 0 Å². The number of fused-ring (bicyclic) bond motifs is 1. The fraction of sp³-hybridized carbons (Fsp3) is 0.250. The molecule has 5 heteroatoms. The van der Waals surface area contributed by atoms with Crippen LogP contribution in [0, 0.1) is 9.67 Å². The third-order valence-electron chi connectivity index (χ3n) is 6.04. The molecule has 2 heterocycles. The van der Waals surface area contributed by atoms with Crippen LogP contribution in [0.15, 0.2) is 66.7 Å². The highest BCUT2D eigenvalue weighted by Gasteiger charge is 2.31. The number of allylic oxidation sites excluding steroid dienone is 1. The second kappa shape index (κ2) is 9.77. The van der Waals surface area contributed by atoms with E-state index in [4.69, 9.17) is 18.9 Å². The first-order valence-corrected chi connectivity index (χ1v) is 12.3. The molecule has 0 saturated carbocycles. The Morgan fingerprint density at radius 2 is 1.76 bits per heavy atom. The van der Waals surface area contributed by atoms with Gasteiger partial charge in [0.1, 0.15) is 17.2 Å². The third-order valence-corrected chi connectivity index (χ3v) is 6.76. The van der Waals surface area contributed by atoms with E-state index in [1.54, 1.807) is 7.11 Å². The van der Waals surface area contributed by atoms with Crippen LogP contribution in [0.1, 0.15) is 42.9 Å². The van der Waals surface area contributed by atoms with Crippen LogP contribution < -0.4 is 14.2 Å². The van der Waals surface area contributed by atoms with Crippen LogP contribution in [-0.4, -0.2) is 20.0 Å². The normalized spacial score (nSPS) is 18.5. The second-order valence-corrected chi connectivity index (χ2v) is 9.49. The Hall–Kier alpha value is -2.51. The Morgan fingerprint density at radius 1 is 0.909 bits per heavy atom. The predicted molar refractivity (Wildman–Crippen MR) is 138 cm³/mol. The summed E-state index contributed by atoms with van der Waals surface area (Å²) in [6.45, 7) is 2.90. The smallest absolute Gasteiger partial charge is 0.208 e. The summed E-state index contributed by atoms with van der Waals surface area (Å²) in [5.74, 6) is 2.37. The first-order valence-electron chi connectivity index (χ1n) is 11.2. The van der Waals surface area contributed by atoms with Crippen LogP contribution in [0.4, 0.5) is 0 Å². The minimum Gasteiger partial charge on any atom is -0.497 e. The fourth-order valence-corrected chi connectivity index (χ4v) is 4.68. The van der Waals surface area contributed by atoms with Crippen molar-refractivity contribution in [3.63, 3.8) is 0 Å². The first-order chi connectivity index (χ1) is 16.1. The minimum absolute atomic E-state index is 0.191. The van der Waals surface area contributed by atoms with Gasteiger partial charge in [0, 0.05) is 32.8 Å². The zero-order valence-corrected chi connectivity index (χ0v) is 20.9. The molecule has 33 heavy (non-hydrogen) atoms. The summed E-state index contributed by atoms with van der Waals surface area (Å²) in [6.07, 6.45) is 3.78. The van der Waals surface area contributed by atoms with Crippen molar-refractivity contribution in [3.05, 3.63) is 93.1 Å². The van der Waals surface area contributed by atoms with Gasteiger partial charge < -0.3 is 18.9 Å². The first kappa shape index (κ1) is 22.3. The number of hydrogen-bond acceptors (Lipinski definition) is 4. The standard InChI is InChI=1S/C28H26IO4/c1-18-24-14-13-23(32-26-8-3-4-15-31-26)17-25(24)33-28(19-9-11-21(29)12-10-19)27(18)20-6-5-7-22(16-20)30-2/h5-7,9-14,16-17,26H,3-4,8,15H2,1-2H3. The molecule has 1 atom stereocenters. The molecule has 5 rings (SSSR count). The van der Waals surface area contributed by atoms with E-state index in [0.29, 0.717) is 0 Å². The molecule has 2 aliphatic heterocycles. The van der Waals surface area contributed by atoms with E-state index in [-0.39, 0.29) is 6.29 Å². The molecule has 3 aromatic carbocycles. The topological polar surface area (TPSA) is 36.9 Å². The molecular formula is C28H26IO4. The predicted octanol–water partition coefficient (Wildman–Crippen LogP) is 7.11. The molecule has 0 bridgehead atoms. The molecule has 0 spiro atoms. The molecule has 4 nitrogen and oxygen atoms in total. The van der Waals surface area contributed by atoms with Gasteiger partial charge in [0.25, 0.3) is 0 Å². The summed E-state index contributed by atoms with van der Waals surface area (Å²) in [4.78, 5) is 0. The molecule has 169 valence electrons. The fourth-order valence-electron chi connectivity index (χ4n) is 4.32. The van der Waals surface area contributed by atoms with Crippen LogP contribution in [0.25, 0.3) is 11.1 Å². The van der Waals surface area contributed by atoms with E-state index in [9.17, 15) is 0 Å². The van der Waals surface area contributed by atoms with Crippen LogP contribution in [0.3, 0.4) is 0 Å². The van der Waals surface area contributed by atoms with Crippen molar-refractivity contribution >= 4 is 33.7 Å². The number of rotatable bonds is 5. The van der Waals surface area contributed by atoms with Crippen molar-refractivity contribution in [2.45, 2.75) is 32.5 Å².